The van der Waals surface area contributed by atoms with E-state index in [4.69, 9.17) is 11.6 Å². The first-order valence-electron chi connectivity index (χ1n) is 10.3. The second kappa shape index (κ2) is 12.0. The van der Waals surface area contributed by atoms with E-state index >= 15 is 0 Å². The molecular formula is C24H31ClN2O2S. The Bertz CT molecular complexity index is 841. The van der Waals surface area contributed by atoms with Gasteiger partial charge < -0.3 is 10.2 Å². The second-order valence-corrected chi connectivity index (χ2v) is 9.05. The van der Waals surface area contributed by atoms with Gasteiger partial charge in [-0.3, -0.25) is 9.59 Å². The molecule has 0 aromatic heterocycles. The summed E-state index contributed by atoms with van der Waals surface area (Å²) in [5, 5.41) is 3.68. The SMILES string of the molecule is CC[C@H](C)NC(=O)[C@@H](C)N(Cc1ccc(C)cc1)C(=O)CSCc1cccc(Cl)c1. The van der Waals surface area contributed by atoms with Gasteiger partial charge in [-0.25, -0.2) is 0 Å². The molecule has 2 amide bonds. The van der Waals surface area contributed by atoms with Crippen molar-refractivity contribution in [3.8, 4) is 0 Å². The number of carbonyl (C=O) groups excluding carboxylic acids is 2. The topological polar surface area (TPSA) is 49.4 Å². The molecule has 2 rings (SSSR count). The van der Waals surface area contributed by atoms with Crippen LogP contribution in [-0.2, 0) is 21.9 Å². The highest BCUT2D eigenvalue weighted by Gasteiger charge is 2.26. The summed E-state index contributed by atoms with van der Waals surface area (Å²) < 4.78 is 0. The molecule has 0 bridgehead atoms. The molecule has 0 spiro atoms. The summed E-state index contributed by atoms with van der Waals surface area (Å²) in [5.74, 6) is 0.830. The van der Waals surface area contributed by atoms with E-state index in [9.17, 15) is 9.59 Å². The maximum Gasteiger partial charge on any atom is 0.242 e. The van der Waals surface area contributed by atoms with Crippen LogP contribution in [0.15, 0.2) is 48.5 Å². The molecule has 162 valence electrons. The van der Waals surface area contributed by atoms with E-state index in [0.717, 1.165) is 23.1 Å². The number of amides is 2. The van der Waals surface area contributed by atoms with Gasteiger partial charge in [0.2, 0.25) is 11.8 Å². The molecule has 0 saturated carbocycles. The molecular weight excluding hydrogens is 416 g/mol. The molecule has 2 aromatic rings. The van der Waals surface area contributed by atoms with Crippen molar-refractivity contribution in [2.24, 2.45) is 0 Å². The van der Waals surface area contributed by atoms with E-state index in [1.807, 2.05) is 69.3 Å². The van der Waals surface area contributed by atoms with E-state index in [-0.39, 0.29) is 17.9 Å². The minimum Gasteiger partial charge on any atom is -0.352 e. The van der Waals surface area contributed by atoms with Crippen molar-refractivity contribution in [2.75, 3.05) is 5.75 Å². The first-order valence-corrected chi connectivity index (χ1v) is 11.8. The quantitative estimate of drug-likeness (QED) is 0.544. The number of benzene rings is 2. The third-order valence-corrected chi connectivity index (χ3v) is 6.25. The summed E-state index contributed by atoms with van der Waals surface area (Å²) in [4.78, 5) is 27.5. The number of thioether (sulfide) groups is 1. The fraction of sp³-hybridized carbons (Fsp3) is 0.417. The van der Waals surface area contributed by atoms with Gasteiger partial charge in [-0.2, -0.15) is 0 Å². The number of halogens is 1. The number of nitrogens with zero attached hydrogens (tertiary/aromatic N) is 1. The van der Waals surface area contributed by atoms with Crippen molar-refractivity contribution in [3.05, 3.63) is 70.2 Å². The Morgan fingerprint density at radius 3 is 2.43 bits per heavy atom. The van der Waals surface area contributed by atoms with Crippen molar-refractivity contribution in [2.45, 2.75) is 58.5 Å². The third kappa shape index (κ3) is 7.69. The normalized spacial score (nSPS) is 12.8. The van der Waals surface area contributed by atoms with Gasteiger partial charge in [-0.05, 0) is 50.5 Å². The molecule has 2 atom stereocenters. The number of nitrogens with one attached hydrogen (secondary N) is 1. The summed E-state index contributed by atoms with van der Waals surface area (Å²) in [6, 6.07) is 15.2. The van der Waals surface area contributed by atoms with E-state index in [1.54, 1.807) is 11.8 Å². The predicted octanol–water partition coefficient (Wildman–Crippen LogP) is 5.21. The average molecular weight is 447 g/mol. The first-order chi connectivity index (χ1) is 14.3. The van der Waals surface area contributed by atoms with Crippen LogP contribution in [0.3, 0.4) is 0 Å². The minimum absolute atomic E-state index is 0.0468. The summed E-state index contributed by atoms with van der Waals surface area (Å²) in [6.45, 7) is 8.23. The zero-order valence-corrected chi connectivity index (χ0v) is 19.7. The lowest BCUT2D eigenvalue weighted by Gasteiger charge is -2.29. The number of aryl methyl sites for hydroxylation is 1. The van der Waals surface area contributed by atoms with Crippen LogP contribution in [0, 0.1) is 6.92 Å². The molecule has 6 heteroatoms. The number of hydrogen-bond acceptors (Lipinski definition) is 3. The maximum absolute atomic E-state index is 13.1. The molecule has 0 aliphatic heterocycles. The summed E-state index contributed by atoms with van der Waals surface area (Å²) in [6.07, 6.45) is 0.847. The van der Waals surface area contributed by atoms with Crippen molar-refractivity contribution >= 4 is 35.2 Å². The smallest absolute Gasteiger partial charge is 0.242 e. The zero-order chi connectivity index (χ0) is 22.1. The Morgan fingerprint density at radius 1 is 1.10 bits per heavy atom. The molecule has 1 N–H and O–H groups in total. The van der Waals surface area contributed by atoms with Gasteiger partial charge >= 0.3 is 0 Å². The van der Waals surface area contributed by atoms with Crippen LogP contribution in [0.2, 0.25) is 5.02 Å². The molecule has 2 aromatic carbocycles. The van der Waals surface area contributed by atoms with E-state index in [2.05, 4.69) is 5.32 Å². The lowest BCUT2D eigenvalue weighted by Crippen LogP contribution is -2.50. The van der Waals surface area contributed by atoms with E-state index in [1.165, 1.54) is 11.8 Å². The lowest BCUT2D eigenvalue weighted by molar-refractivity contribution is -0.138. The monoisotopic (exact) mass is 446 g/mol. The molecule has 0 aliphatic carbocycles. The van der Waals surface area contributed by atoms with Gasteiger partial charge in [0.05, 0.1) is 5.75 Å². The Morgan fingerprint density at radius 2 is 1.80 bits per heavy atom. The Balaban J connectivity index is 2.07. The second-order valence-electron chi connectivity index (χ2n) is 7.62. The standard InChI is InChI=1S/C24H31ClN2O2S/c1-5-18(3)26-24(29)19(4)27(14-20-11-9-17(2)10-12-20)23(28)16-30-15-21-7-6-8-22(25)13-21/h6-13,18-19H,5,14-16H2,1-4H3,(H,26,29)/t18-,19+/m0/s1. The van der Waals surface area contributed by atoms with Gasteiger partial charge in [0.1, 0.15) is 6.04 Å². The van der Waals surface area contributed by atoms with Crippen LogP contribution in [-0.4, -0.2) is 34.6 Å². The molecule has 0 fully saturated rings. The highest BCUT2D eigenvalue weighted by atomic mass is 35.5. The minimum atomic E-state index is -0.542. The van der Waals surface area contributed by atoms with Crippen molar-refractivity contribution in [1.82, 2.24) is 10.2 Å². The summed E-state index contributed by atoms with van der Waals surface area (Å²) in [7, 11) is 0. The van der Waals surface area contributed by atoms with Crippen LogP contribution in [0.5, 0.6) is 0 Å². The van der Waals surface area contributed by atoms with Crippen LogP contribution in [0.25, 0.3) is 0 Å². The number of hydrogen-bond donors (Lipinski definition) is 1. The van der Waals surface area contributed by atoms with Gasteiger partial charge in [0.25, 0.3) is 0 Å². The summed E-state index contributed by atoms with van der Waals surface area (Å²) in [5.41, 5.74) is 3.25. The molecule has 30 heavy (non-hydrogen) atoms. The molecule has 0 heterocycles. The third-order valence-electron chi connectivity index (χ3n) is 5.03. The van der Waals surface area contributed by atoms with Gasteiger partial charge in [0.15, 0.2) is 0 Å². The Hall–Kier alpha value is -1.98. The maximum atomic E-state index is 13.1. The average Bonchev–Trinajstić information content (AvgIpc) is 2.72. The first kappa shape index (κ1) is 24.3. The molecule has 0 aliphatic rings. The number of rotatable bonds is 10. The lowest BCUT2D eigenvalue weighted by atomic mass is 10.1. The van der Waals surface area contributed by atoms with Gasteiger partial charge in [0, 0.05) is 23.4 Å². The Labute approximate surface area is 189 Å². The largest absolute Gasteiger partial charge is 0.352 e. The van der Waals surface area contributed by atoms with E-state index in [0.29, 0.717) is 23.1 Å². The van der Waals surface area contributed by atoms with E-state index < -0.39 is 6.04 Å². The molecule has 0 unspecified atom stereocenters. The van der Waals surface area contributed by atoms with Crippen LogP contribution in [0.1, 0.15) is 43.9 Å². The molecule has 0 saturated heterocycles. The predicted molar refractivity (Wildman–Crippen MR) is 127 cm³/mol. The van der Waals surface area contributed by atoms with Gasteiger partial charge in [-0.1, -0.05) is 60.5 Å². The highest BCUT2D eigenvalue weighted by Crippen LogP contribution is 2.18. The van der Waals surface area contributed by atoms with Crippen molar-refractivity contribution in [3.63, 3.8) is 0 Å². The fourth-order valence-electron chi connectivity index (χ4n) is 2.90. The summed E-state index contributed by atoms with van der Waals surface area (Å²) >= 11 is 7.57. The van der Waals surface area contributed by atoms with Gasteiger partial charge in [-0.15, -0.1) is 11.8 Å². The highest BCUT2D eigenvalue weighted by molar-refractivity contribution is 7.99. The fourth-order valence-corrected chi connectivity index (χ4v) is 3.97. The zero-order valence-electron chi connectivity index (χ0n) is 18.2. The molecule has 4 nitrogen and oxygen atoms in total. The molecule has 0 radical (unpaired) electrons. The van der Waals surface area contributed by atoms with Crippen molar-refractivity contribution < 1.29 is 9.59 Å². The van der Waals surface area contributed by atoms with Crippen molar-refractivity contribution in [1.29, 1.82) is 0 Å². The van der Waals surface area contributed by atoms with Crippen LogP contribution in [0.4, 0.5) is 0 Å². The van der Waals surface area contributed by atoms with Crippen LogP contribution >= 0.6 is 23.4 Å². The number of carbonyl (C=O) groups is 2. The van der Waals surface area contributed by atoms with Crippen LogP contribution < -0.4 is 5.32 Å². The Kier molecular flexibility index (Phi) is 9.73.